The Hall–Kier alpha value is -3.21. The van der Waals surface area contributed by atoms with E-state index in [1.165, 1.54) is 4.68 Å². The molecule has 2 aromatic rings. The molecule has 0 saturated carbocycles. The number of nitrogens with one attached hydrogen (secondary N) is 2. The number of fused-ring (bicyclic) bond motifs is 1. The van der Waals surface area contributed by atoms with Crippen LogP contribution >= 0.6 is 12.6 Å². The zero-order valence-electron chi connectivity index (χ0n) is 17.5. The van der Waals surface area contributed by atoms with Crippen molar-refractivity contribution in [2.45, 2.75) is 25.8 Å². The number of aromatic nitrogens is 2. The Labute approximate surface area is 184 Å². The molecule has 31 heavy (non-hydrogen) atoms. The van der Waals surface area contributed by atoms with Crippen molar-refractivity contribution in [1.29, 1.82) is 0 Å². The van der Waals surface area contributed by atoms with Gasteiger partial charge in [-0.15, -0.1) is 12.6 Å². The third kappa shape index (κ3) is 4.31. The first kappa shape index (κ1) is 22.5. The molecule has 1 aromatic heterocycles. The summed E-state index contributed by atoms with van der Waals surface area (Å²) in [6.45, 7) is 3.86. The van der Waals surface area contributed by atoms with E-state index in [2.05, 4.69) is 28.4 Å². The number of aryl methyl sites for hydroxylation is 1. The molecule has 1 aliphatic rings. The average Bonchev–Trinajstić information content (AvgIpc) is 3.25. The standard InChI is InChI=1S/C20H25N5O5S/c1-4-29-19(28)20(7-8-22-18(20)27)23-17(26)16-13-9-12(30-10-15(31)11(2)21)5-6-14(13)24-25(16)3/h5-6,9,31H,4,7-8,10,21H2,1-3H3,(H,22,27)(H,23,26)/b15-11-. The molecule has 2 heterocycles. The topological polar surface area (TPSA) is 138 Å². The number of rotatable bonds is 7. The second kappa shape index (κ2) is 8.88. The van der Waals surface area contributed by atoms with Gasteiger partial charge in [0.05, 0.1) is 12.1 Å². The zero-order valence-corrected chi connectivity index (χ0v) is 18.4. The molecule has 10 nitrogen and oxygen atoms in total. The number of carbonyl (C=O) groups is 3. The van der Waals surface area contributed by atoms with E-state index in [1.54, 1.807) is 39.1 Å². The van der Waals surface area contributed by atoms with E-state index in [0.717, 1.165) is 0 Å². The number of allylic oxidation sites excluding steroid dienone is 1. The number of amides is 2. The lowest BCUT2D eigenvalue weighted by molar-refractivity contribution is -0.154. The van der Waals surface area contributed by atoms with Crippen LogP contribution in [0.2, 0.25) is 0 Å². The Morgan fingerprint density at radius 1 is 1.42 bits per heavy atom. The fraction of sp³-hybridized carbons (Fsp3) is 0.400. The van der Waals surface area contributed by atoms with Crippen molar-refractivity contribution in [3.63, 3.8) is 0 Å². The van der Waals surface area contributed by atoms with Gasteiger partial charge in [0, 0.05) is 36.0 Å². The fourth-order valence-corrected chi connectivity index (χ4v) is 3.37. The summed E-state index contributed by atoms with van der Waals surface area (Å²) in [5.74, 6) is -1.53. The molecular weight excluding hydrogens is 422 g/mol. The largest absolute Gasteiger partial charge is 0.488 e. The summed E-state index contributed by atoms with van der Waals surface area (Å²) in [7, 11) is 1.60. The summed E-state index contributed by atoms with van der Waals surface area (Å²) in [6.07, 6.45) is 0.0933. The maximum absolute atomic E-state index is 13.2. The van der Waals surface area contributed by atoms with Crippen LogP contribution in [0.1, 0.15) is 30.8 Å². The minimum absolute atomic E-state index is 0.0862. The van der Waals surface area contributed by atoms with Gasteiger partial charge in [-0.05, 0) is 32.0 Å². The Balaban J connectivity index is 1.93. The molecule has 166 valence electrons. The van der Waals surface area contributed by atoms with Gasteiger partial charge in [-0.2, -0.15) is 5.10 Å². The highest BCUT2D eigenvalue weighted by molar-refractivity contribution is 7.84. The number of thiol groups is 1. The Morgan fingerprint density at radius 3 is 2.77 bits per heavy atom. The van der Waals surface area contributed by atoms with Gasteiger partial charge in [0.1, 0.15) is 18.1 Å². The minimum atomic E-state index is -1.78. The van der Waals surface area contributed by atoms with Gasteiger partial charge in [-0.1, -0.05) is 0 Å². The second-order valence-corrected chi connectivity index (χ2v) is 7.70. The summed E-state index contributed by atoms with van der Waals surface area (Å²) in [6, 6.07) is 5.09. The predicted molar refractivity (Wildman–Crippen MR) is 117 cm³/mol. The van der Waals surface area contributed by atoms with E-state index in [-0.39, 0.29) is 31.9 Å². The van der Waals surface area contributed by atoms with Crippen molar-refractivity contribution in [1.82, 2.24) is 20.4 Å². The van der Waals surface area contributed by atoms with Gasteiger partial charge < -0.3 is 25.8 Å². The molecule has 0 radical (unpaired) electrons. The molecule has 1 aliphatic heterocycles. The molecule has 3 rings (SSSR count). The quantitative estimate of drug-likeness (QED) is 0.277. The highest BCUT2D eigenvalue weighted by Crippen LogP contribution is 2.26. The fourth-order valence-electron chi connectivity index (χ4n) is 3.30. The van der Waals surface area contributed by atoms with E-state index in [1.807, 2.05) is 0 Å². The molecule has 1 fully saturated rings. The molecule has 1 aromatic carbocycles. The molecule has 0 bridgehead atoms. The number of esters is 1. The van der Waals surface area contributed by atoms with E-state index in [9.17, 15) is 14.4 Å². The van der Waals surface area contributed by atoms with Crippen LogP contribution in [0.25, 0.3) is 10.9 Å². The molecule has 0 spiro atoms. The van der Waals surface area contributed by atoms with E-state index < -0.39 is 23.3 Å². The van der Waals surface area contributed by atoms with E-state index >= 15 is 0 Å². The van der Waals surface area contributed by atoms with Crippen LogP contribution in [0.3, 0.4) is 0 Å². The van der Waals surface area contributed by atoms with Crippen molar-refractivity contribution in [2.24, 2.45) is 12.8 Å². The molecule has 0 aliphatic carbocycles. The smallest absolute Gasteiger partial charge is 0.341 e. The lowest BCUT2D eigenvalue weighted by Crippen LogP contribution is -2.60. The molecular formula is C20H25N5O5S. The van der Waals surface area contributed by atoms with Gasteiger partial charge in [-0.3, -0.25) is 14.3 Å². The number of ether oxygens (including phenoxy) is 2. The van der Waals surface area contributed by atoms with Crippen LogP contribution in [-0.4, -0.2) is 52.9 Å². The van der Waals surface area contributed by atoms with Gasteiger partial charge in [0.15, 0.2) is 0 Å². The zero-order chi connectivity index (χ0) is 22.8. The predicted octanol–water partition coefficient (Wildman–Crippen LogP) is 0.624. The van der Waals surface area contributed by atoms with Gasteiger partial charge >= 0.3 is 5.97 Å². The first-order valence-electron chi connectivity index (χ1n) is 9.71. The molecule has 1 atom stereocenters. The lowest BCUT2D eigenvalue weighted by atomic mass is 9.97. The number of carbonyl (C=O) groups excluding carboxylic acids is 3. The number of hydrogen-bond acceptors (Lipinski definition) is 8. The number of nitrogens with zero attached hydrogens (tertiary/aromatic N) is 2. The summed E-state index contributed by atoms with van der Waals surface area (Å²) in [5.41, 5.74) is 5.20. The third-order valence-electron chi connectivity index (χ3n) is 4.97. The normalized spacial score (nSPS) is 19.0. The van der Waals surface area contributed by atoms with Crippen LogP contribution in [0.5, 0.6) is 5.75 Å². The van der Waals surface area contributed by atoms with Crippen molar-refractivity contribution in [2.75, 3.05) is 19.8 Å². The van der Waals surface area contributed by atoms with Crippen molar-refractivity contribution >= 4 is 41.3 Å². The van der Waals surface area contributed by atoms with Crippen molar-refractivity contribution in [3.05, 3.63) is 34.5 Å². The van der Waals surface area contributed by atoms with Gasteiger partial charge in [0.25, 0.3) is 11.8 Å². The maximum Gasteiger partial charge on any atom is 0.341 e. The van der Waals surface area contributed by atoms with E-state index in [4.69, 9.17) is 15.2 Å². The molecule has 11 heteroatoms. The number of nitrogens with two attached hydrogens (primary N) is 1. The SMILES string of the molecule is CCOC(=O)C1(NC(=O)c2c3cc(OC/C(S)=C(\C)N)ccc3nn2C)CCNC1=O. The summed E-state index contributed by atoms with van der Waals surface area (Å²) < 4.78 is 12.1. The maximum atomic E-state index is 13.2. The van der Waals surface area contributed by atoms with Gasteiger partial charge in [-0.25, -0.2) is 4.79 Å². The number of hydrogen-bond donors (Lipinski definition) is 4. The van der Waals surface area contributed by atoms with Crippen LogP contribution in [0.15, 0.2) is 28.8 Å². The first-order valence-corrected chi connectivity index (χ1v) is 10.2. The number of benzene rings is 1. The molecule has 1 unspecified atom stereocenters. The first-order chi connectivity index (χ1) is 14.7. The van der Waals surface area contributed by atoms with Crippen LogP contribution < -0.4 is 21.1 Å². The Kier molecular flexibility index (Phi) is 6.44. The average molecular weight is 448 g/mol. The summed E-state index contributed by atoms with van der Waals surface area (Å²) >= 11 is 4.27. The molecule has 4 N–H and O–H groups in total. The van der Waals surface area contributed by atoms with Crippen LogP contribution in [0.4, 0.5) is 0 Å². The summed E-state index contributed by atoms with van der Waals surface area (Å²) in [4.78, 5) is 38.7. The second-order valence-electron chi connectivity index (χ2n) is 7.16. The highest BCUT2D eigenvalue weighted by Gasteiger charge is 2.52. The van der Waals surface area contributed by atoms with Gasteiger partial charge in [0.2, 0.25) is 5.54 Å². The van der Waals surface area contributed by atoms with Crippen molar-refractivity contribution in [3.8, 4) is 5.75 Å². The minimum Gasteiger partial charge on any atom is -0.488 e. The van der Waals surface area contributed by atoms with Crippen LogP contribution in [-0.2, 0) is 21.4 Å². The lowest BCUT2D eigenvalue weighted by Gasteiger charge is -2.25. The summed E-state index contributed by atoms with van der Waals surface area (Å²) in [5, 5.41) is 10.0. The third-order valence-corrected chi connectivity index (χ3v) is 5.46. The van der Waals surface area contributed by atoms with E-state index in [0.29, 0.717) is 27.3 Å². The molecule has 1 saturated heterocycles. The molecule has 2 amide bonds. The monoisotopic (exact) mass is 447 g/mol. The van der Waals surface area contributed by atoms with Crippen molar-refractivity contribution < 1.29 is 23.9 Å². The Morgan fingerprint density at radius 2 is 2.16 bits per heavy atom. The highest BCUT2D eigenvalue weighted by atomic mass is 32.1. The van der Waals surface area contributed by atoms with Crippen LogP contribution in [0, 0.1) is 0 Å². The Bertz CT molecular complexity index is 1080.